The number of pyridine rings is 1. The molecule has 0 radical (unpaired) electrons. The Bertz CT molecular complexity index is 1110. The van der Waals surface area contributed by atoms with E-state index in [2.05, 4.69) is 20.9 Å². The van der Waals surface area contributed by atoms with Gasteiger partial charge in [0.1, 0.15) is 0 Å². The highest BCUT2D eigenvalue weighted by atomic mass is 79.9. The number of carbonyl (C=O) groups is 1. The third-order valence-corrected chi connectivity index (χ3v) is 5.79. The lowest BCUT2D eigenvalue weighted by Crippen LogP contribution is -2.30. The number of anilines is 1. The lowest BCUT2D eigenvalue weighted by atomic mass is 10.1. The average Bonchev–Trinajstić information content (AvgIpc) is 3.09. The lowest BCUT2D eigenvalue weighted by Gasteiger charge is -2.21. The molecule has 4 nitrogen and oxygen atoms in total. The summed E-state index contributed by atoms with van der Waals surface area (Å²) in [5.74, 6) is -0.0601. The van der Waals surface area contributed by atoms with E-state index in [1.165, 1.54) is 11.3 Å². The molecule has 0 saturated heterocycles. The fraction of sp³-hybridized carbons (Fsp3) is 0.0952. The zero-order chi connectivity index (χ0) is 18.8. The minimum Gasteiger partial charge on any atom is -0.279 e. The molecule has 0 spiro atoms. The molecule has 6 heteroatoms. The van der Waals surface area contributed by atoms with Crippen molar-refractivity contribution in [3.63, 3.8) is 0 Å². The first kappa shape index (κ1) is 17.8. The number of thiazole rings is 1. The largest absolute Gasteiger partial charge is 0.279 e. The first-order valence-electron chi connectivity index (χ1n) is 8.44. The van der Waals surface area contributed by atoms with Crippen molar-refractivity contribution in [1.29, 1.82) is 0 Å². The summed E-state index contributed by atoms with van der Waals surface area (Å²) in [4.78, 5) is 24.0. The first-order valence-corrected chi connectivity index (χ1v) is 10.1. The first-order chi connectivity index (χ1) is 13.1. The Hall–Kier alpha value is -2.57. The number of fused-ring (bicyclic) bond motifs is 1. The van der Waals surface area contributed by atoms with Crippen LogP contribution in [0.25, 0.3) is 10.2 Å². The second-order valence-electron chi connectivity index (χ2n) is 6.18. The Kier molecular flexibility index (Phi) is 5.01. The molecular weight excluding hydrogens is 422 g/mol. The lowest BCUT2D eigenvalue weighted by molar-refractivity contribution is 0.0984. The van der Waals surface area contributed by atoms with Gasteiger partial charge in [0.15, 0.2) is 5.13 Å². The van der Waals surface area contributed by atoms with Crippen LogP contribution in [0.3, 0.4) is 0 Å². The van der Waals surface area contributed by atoms with Gasteiger partial charge in [-0.05, 0) is 48.4 Å². The molecule has 27 heavy (non-hydrogen) atoms. The van der Waals surface area contributed by atoms with Crippen LogP contribution in [0.2, 0.25) is 0 Å². The molecule has 0 aliphatic carbocycles. The third kappa shape index (κ3) is 3.77. The molecule has 4 aromatic rings. The SMILES string of the molecule is Cc1ccccc1C(=O)N(Cc1cccnc1)c1nc2ccc(Br)cc2s1. The number of amides is 1. The quantitative estimate of drug-likeness (QED) is 0.416. The Morgan fingerprint density at radius 2 is 2.00 bits per heavy atom. The van der Waals surface area contributed by atoms with Crippen LogP contribution in [0.1, 0.15) is 21.5 Å². The zero-order valence-electron chi connectivity index (χ0n) is 14.6. The monoisotopic (exact) mass is 437 g/mol. The highest BCUT2D eigenvalue weighted by molar-refractivity contribution is 9.10. The van der Waals surface area contributed by atoms with Crippen LogP contribution < -0.4 is 4.90 Å². The smallest absolute Gasteiger partial charge is 0.260 e. The van der Waals surface area contributed by atoms with Crippen LogP contribution >= 0.6 is 27.3 Å². The van der Waals surface area contributed by atoms with E-state index < -0.39 is 0 Å². The van der Waals surface area contributed by atoms with Crippen molar-refractivity contribution in [3.05, 3.63) is 88.2 Å². The van der Waals surface area contributed by atoms with Crippen LogP contribution in [0.4, 0.5) is 5.13 Å². The molecule has 4 rings (SSSR count). The summed E-state index contributed by atoms with van der Waals surface area (Å²) >= 11 is 5.01. The molecule has 1 amide bonds. The average molecular weight is 438 g/mol. The summed E-state index contributed by atoms with van der Waals surface area (Å²) in [6, 6.07) is 17.4. The second-order valence-corrected chi connectivity index (χ2v) is 8.10. The van der Waals surface area contributed by atoms with Crippen LogP contribution in [0.15, 0.2) is 71.5 Å². The minimum atomic E-state index is -0.0601. The van der Waals surface area contributed by atoms with Gasteiger partial charge in [-0.25, -0.2) is 4.98 Å². The van der Waals surface area contributed by atoms with Crippen LogP contribution in [0.5, 0.6) is 0 Å². The molecule has 134 valence electrons. The number of hydrogen-bond acceptors (Lipinski definition) is 4. The second kappa shape index (κ2) is 7.58. The number of hydrogen-bond donors (Lipinski definition) is 0. The molecule has 0 atom stereocenters. The van der Waals surface area contributed by atoms with Crippen molar-refractivity contribution in [2.45, 2.75) is 13.5 Å². The van der Waals surface area contributed by atoms with Gasteiger partial charge in [0.05, 0.1) is 16.8 Å². The van der Waals surface area contributed by atoms with E-state index in [9.17, 15) is 4.79 Å². The van der Waals surface area contributed by atoms with E-state index in [4.69, 9.17) is 4.98 Å². The Morgan fingerprint density at radius 1 is 1.15 bits per heavy atom. The molecule has 0 fully saturated rings. The maximum absolute atomic E-state index is 13.4. The maximum Gasteiger partial charge on any atom is 0.260 e. The Balaban J connectivity index is 1.79. The molecule has 0 saturated carbocycles. The van der Waals surface area contributed by atoms with Gasteiger partial charge in [-0.3, -0.25) is 14.7 Å². The van der Waals surface area contributed by atoms with Crippen molar-refractivity contribution in [3.8, 4) is 0 Å². The number of rotatable bonds is 4. The van der Waals surface area contributed by atoms with Gasteiger partial charge in [-0.2, -0.15) is 0 Å². The highest BCUT2D eigenvalue weighted by Gasteiger charge is 2.23. The predicted octanol–water partition coefficient (Wildman–Crippen LogP) is 5.61. The molecule has 2 heterocycles. The normalized spacial score (nSPS) is 10.9. The van der Waals surface area contributed by atoms with Crippen molar-refractivity contribution in [2.24, 2.45) is 0 Å². The number of nitrogens with zero attached hydrogens (tertiary/aromatic N) is 3. The van der Waals surface area contributed by atoms with Crippen molar-refractivity contribution >= 4 is 48.5 Å². The van der Waals surface area contributed by atoms with Crippen molar-refractivity contribution in [1.82, 2.24) is 9.97 Å². The number of benzene rings is 2. The van der Waals surface area contributed by atoms with Crippen molar-refractivity contribution < 1.29 is 4.79 Å². The van der Waals surface area contributed by atoms with Gasteiger partial charge in [-0.1, -0.05) is 51.5 Å². The summed E-state index contributed by atoms with van der Waals surface area (Å²) in [5, 5.41) is 0.681. The van der Waals surface area contributed by atoms with E-state index in [1.807, 2.05) is 61.5 Å². The Morgan fingerprint density at radius 3 is 2.78 bits per heavy atom. The fourth-order valence-corrected chi connectivity index (χ4v) is 4.38. The molecule has 2 aromatic heterocycles. The third-order valence-electron chi connectivity index (χ3n) is 4.25. The molecule has 2 aromatic carbocycles. The number of aromatic nitrogens is 2. The minimum absolute atomic E-state index is 0.0601. The van der Waals surface area contributed by atoms with Gasteiger partial charge in [0.25, 0.3) is 5.91 Å². The van der Waals surface area contributed by atoms with E-state index in [1.54, 1.807) is 17.3 Å². The van der Waals surface area contributed by atoms with Gasteiger partial charge in [-0.15, -0.1) is 0 Å². The summed E-state index contributed by atoms with van der Waals surface area (Å²) in [6.45, 7) is 2.37. The predicted molar refractivity (Wildman–Crippen MR) is 113 cm³/mol. The van der Waals surface area contributed by atoms with Gasteiger partial charge < -0.3 is 0 Å². The van der Waals surface area contributed by atoms with E-state index in [0.717, 1.165) is 25.8 Å². The molecule has 0 unspecified atom stereocenters. The molecule has 0 N–H and O–H groups in total. The van der Waals surface area contributed by atoms with E-state index in [0.29, 0.717) is 17.2 Å². The summed E-state index contributed by atoms with van der Waals surface area (Å²) in [7, 11) is 0. The molecular formula is C21H16BrN3OS. The number of halogens is 1. The van der Waals surface area contributed by atoms with Gasteiger partial charge >= 0.3 is 0 Å². The molecule has 0 aliphatic heterocycles. The Labute approximate surface area is 169 Å². The van der Waals surface area contributed by atoms with E-state index in [-0.39, 0.29) is 5.91 Å². The van der Waals surface area contributed by atoms with E-state index >= 15 is 0 Å². The van der Waals surface area contributed by atoms with Crippen LogP contribution in [0, 0.1) is 6.92 Å². The highest BCUT2D eigenvalue weighted by Crippen LogP contribution is 2.32. The number of aryl methyl sites for hydroxylation is 1. The topological polar surface area (TPSA) is 46.1 Å². The van der Waals surface area contributed by atoms with Gasteiger partial charge in [0.2, 0.25) is 0 Å². The molecule has 0 bridgehead atoms. The van der Waals surface area contributed by atoms with Crippen molar-refractivity contribution in [2.75, 3.05) is 4.90 Å². The molecule has 0 aliphatic rings. The van der Waals surface area contributed by atoms with Gasteiger partial charge in [0, 0.05) is 22.4 Å². The fourth-order valence-electron chi connectivity index (χ4n) is 2.86. The zero-order valence-corrected chi connectivity index (χ0v) is 17.0. The summed E-state index contributed by atoms with van der Waals surface area (Å²) in [6.07, 6.45) is 3.51. The summed E-state index contributed by atoms with van der Waals surface area (Å²) < 4.78 is 2.03. The number of carbonyl (C=O) groups excluding carboxylic acids is 1. The maximum atomic E-state index is 13.4. The van der Waals surface area contributed by atoms with Crippen LogP contribution in [-0.2, 0) is 6.54 Å². The van der Waals surface area contributed by atoms with Crippen LogP contribution in [-0.4, -0.2) is 15.9 Å². The standard InChI is InChI=1S/C21H16BrN3OS/c1-14-5-2-3-7-17(14)20(26)25(13-15-6-4-10-23-12-15)21-24-18-9-8-16(22)11-19(18)27-21/h2-12H,13H2,1H3. The summed E-state index contributed by atoms with van der Waals surface area (Å²) in [5.41, 5.74) is 3.47.